The molecule has 3 nitrogen and oxygen atoms in total. The minimum atomic E-state index is 0.0362. The monoisotopic (exact) mass is 223 g/mol. The number of methoxy groups -OCH3 is 1. The smallest absolute Gasteiger partial charge is 0.124 e. The third kappa shape index (κ3) is 3.51. The second kappa shape index (κ2) is 6.51. The number of nitrogens with two attached hydrogens (primary N) is 1. The molecule has 0 aliphatic rings. The summed E-state index contributed by atoms with van der Waals surface area (Å²) in [6.45, 7) is 4.59. The number of ether oxygens (including phenoxy) is 2. The highest BCUT2D eigenvalue weighted by Gasteiger charge is 2.10. The zero-order chi connectivity index (χ0) is 12.0. The highest BCUT2D eigenvalue weighted by atomic mass is 16.5. The molecular formula is C13H21NO2. The van der Waals surface area contributed by atoms with Gasteiger partial charge >= 0.3 is 0 Å². The first-order valence-corrected chi connectivity index (χ1v) is 5.69. The zero-order valence-corrected chi connectivity index (χ0v) is 10.3. The van der Waals surface area contributed by atoms with E-state index in [1.165, 1.54) is 0 Å². The number of hydrogen-bond acceptors (Lipinski definition) is 3. The normalized spacial score (nSPS) is 14.5. The minimum Gasteiger partial charge on any atom is -0.491 e. The second-order valence-corrected chi connectivity index (χ2v) is 3.91. The SMILES string of the molecule is CCC(N)c1ccccc1OCC(C)OC. The van der Waals surface area contributed by atoms with Gasteiger partial charge in [-0.15, -0.1) is 0 Å². The van der Waals surface area contributed by atoms with Crippen molar-refractivity contribution >= 4 is 0 Å². The number of benzene rings is 1. The van der Waals surface area contributed by atoms with Gasteiger partial charge in [0.05, 0.1) is 6.10 Å². The third-order valence-corrected chi connectivity index (χ3v) is 2.63. The van der Waals surface area contributed by atoms with Crippen LogP contribution in [0.3, 0.4) is 0 Å². The van der Waals surface area contributed by atoms with Gasteiger partial charge in [0, 0.05) is 18.7 Å². The van der Waals surface area contributed by atoms with Crippen LogP contribution in [0, 0.1) is 0 Å². The van der Waals surface area contributed by atoms with Gasteiger partial charge in [0.1, 0.15) is 12.4 Å². The standard InChI is InChI=1S/C13H21NO2/c1-4-12(14)11-7-5-6-8-13(11)16-9-10(2)15-3/h5-8,10,12H,4,9,14H2,1-3H3. The fourth-order valence-electron chi connectivity index (χ4n) is 1.41. The van der Waals surface area contributed by atoms with E-state index in [-0.39, 0.29) is 12.1 Å². The average molecular weight is 223 g/mol. The maximum absolute atomic E-state index is 6.02. The van der Waals surface area contributed by atoms with Crippen molar-refractivity contribution in [3.63, 3.8) is 0 Å². The molecule has 0 heterocycles. The van der Waals surface area contributed by atoms with Gasteiger partial charge in [0.25, 0.3) is 0 Å². The summed E-state index contributed by atoms with van der Waals surface area (Å²) in [7, 11) is 1.68. The lowest BCUT2D eigenvalue weighted by Crippen LogP contribution is -2.18. The van der Waals surface area contributed by atoms with Crippen molar-refractivity contribution < 1.29 is 9.47 Å². The van der Waals surface area contributed by atoms with Crippen LogP contribution >= 0.6 is 0 Å². The topological polar surface area (TPSA) is 44.5 Å². The Morgan fingerprint density at radius 2 is 2.00 bits per heavy atom. The Morgan fingerprint density at radius 3 is 2.62 bits per heavy atom. The van der Waals surface area contributed by atoms with Crippen LogP contribution in [0.15, 0.2) is 24.3 Å². The van der Waals surface area contributed by atoms with E-state index >= 15 is 0 Å². The predicted octanol–water partition coefficient (Wildman–Crippen LogP) is 2.51. The van der Waals surface area contributed by atoms with E-state index in [2.05, 4.69) is 6.92 Å². The van der Waals surface area contributed by atoms with Gasteiger partial charge in [-0.25, -0.2) is 0 Å². The third-order valence-electron chi connectivity index (χ3n) is 2.63. The molecule has 0 spiro atoms. The molecule has 0 aliphatic carbocycles. The number of hydrogen-bond donors (Lipinski definition) is 1. The molecule has 0 aromatic heterocycles. The molecule has 0 saturated heterocycles. The highest BCUT2D eigenvalue weighted by Crippen LogP contribution is 2.25. The lowest BCUT2D eigenvalue weighted by molar-refractivity contribution is 0.0711. The van der Waals surface area contributed by atoms with Gasteiger partial charge in [0.15, 0.2) is 0 Å². The Bertz CT molecular complexity index is 315. The Kier molecular flexibility index (Phi) is 5.29. The molecule has 1 aromatic rings. The molecule has 0 radical (unpaired) electrons. The molecule has 2 unspecified atom stereocenters. The number of para-hydroxylation sites is 1. The molecule has 16 heavy (non-hydrogen) atoms. The van der Waals surface area contributed by atoms with E-state index in [0.29, 0.717) is 6.61 Å². The molecule has 90 valence electrons. The van der Waals surface area contributed by atoms with E-state index in [9.17, 15) is 0 Å². The summed E-state index contributed by atoms with van der Waals surface area (Å²) in [6.07, 6.45) is 0.992. The largest absolute Gasteiger partial charge is 0.491 e. The molecule has 0 amide bonds. The molecule has 0 fully saturated rings. The van der Waals surface area contributed by atoms with Gasteiger partial charge < -0.3 is 15.2 Å². The summed E-state index contributed by atoms with van der Waals surface area (Å²) in [4.78, 5) is 0. The average Bonchev–Trinajstić information content (AvgIpc) is 2.35. The highest BCUT2D eigenvalue weighted by molar-refractivity contribution is 5.35. The van der Waals surface area contributed by atoms with Gasteiger partial charge in [-0.1, -0.05) is 25.1 Å². The van der Waals surface area contributed by atoms with Crippen molar-refractivity contribution in [1.29, 1.82) is 0 Å². The first kappa shape index (κ1) is 13.0. The van der Waals surface area contributed by atoms with Crippen LogP contribution in [0.4, 0.5) is 0 Å². The summed E-state index contributed by atoms with van der Waals surface area (Å²) in [5.41, 5.74) is 7.09. The van der Waals surface area contributed by atoms with Crippen molar-refractivity contribution in [2.75, 3.05) is 13.7 Å². The van der Waals surface area contributed by atoms with Crippen molar-refractivity contribution in [1.82, 2.24) is 0 Å². The quantitative estimate of drug-likeness (QED) is 0.806. The first-order valence-electron chi connectivity index (χ1n) is 5.69. The Balaban J connectivity index is 2.71. The van der Waals surface area contributed by atoms with Crippen LogP contribution < -0.4 is 10.5 Å². The minimum absolute atomic E-state index is 0.0362. The van der Waals surface area contributed by atoms with Gasteiger partial charge in [-0.05, 0) is 19.4 Å². The van der Waals surface area contributed by atoms with Gasteiger partial charge in [0.2, 0.25) is 0 Å². The lowest BCUT2D eigenvalue weighted by atomic mass is 10.0. The van der Waals surface area contributed by atoms with Gasteiger partial charge in [-0.3, -0.25) is 0 Å². The molecule has 2 N–H and O–H groups in total. The lowest BCUT2D eigenvalue weighted by Gasteiger charge is -2.17. The van der Waals surface area contributed by atoms with Crippen LogP contribution in [0.1, 0.15) is 31.9 Å². The fourth-order valence-corrected chi connectivity index (χ4v) is 1.41. The van der Waals surface area contributed by atoms with E-state index in [1.54, 1.807) is 7.11 Å². The van der Waals surface area contributed by atoms with E-state index in [1.807, 2.05) is 31.2 Å². The Hall–Kier alpha value is -1.06. The maximum atomic E-state index is 6.02. The Morgan fingerprint density at radius 1 is 1.31 bits per heavy atom. The van der Waals surface area contributed by atoms with Crippen LogP contribution in [0.25, 0.3) is 0 Å². The summed E-state index contributed by atoms with van der Waals surface area (Å²) in [5.74, 6) is 0.862. The Labute approximate surface area is 97.6 Å². The molecule has 3 heteroatoms. The van der Waals surface area contributed by atoms with Gasteiger partial charge in [-0.2, -0.15) is 0 Å². The zero-order valence-electron chi connectivity index (χ0n) is 10.3. The molecule has 2 atom stereocenters. The van der Waals surface area contributed by atoms with Crippen molar-refractivity contribution in [3.05, 3.63) is 29.8 Å². The predicted molar refractivity (Wildman–Crippen MR) is 65.6 cm³/mol. The van der Waals surface area contributed by atoms with Crippen LogP contribution in [0.2, 0.25) is 0 Å². The van der Waals surface area contributed by atoms with Crippen LogP contribution in [-0.2, 0) is 4.74 Å². The summed E-state index contributed by atoms with van der Waals surface area (Å²) < 4.78 is 10.9. The van der Waals surface area contributed by atoms with Crippen LogP contribution in [0.5, 0.6) is 5.75 Å². The van der Waals surface area contributed by atoms with E-state index in [0.717, 1.165) is 17.7 Å². The molecule has 1 aromatic carbocycles. The van der Waals surface area contributed by atoms with Crippen LogP contribution in [-0.4, -0.2) is 19.8 Å². The molecule has 1 rings (SSSR count). The molecule has 0 aliphatic heterocycles. The van der Waals surface area contributed by atoms with Crippen molar-refractivity contribution in [2.45, 2.75) is 32.4 Å². The summed E-state index contributed by atoms with van der Waals surface area (Å²) >= 11 is 0. The summed E-state index contributed by atoms with van der Waals surface area (Å²) in [6, 6.07) is 7.94. The number of rotatable bonds is 6. The molecule has 0 bridgehead atoms. The molecular weight excluding hydrogens is 202 g/mol. The summed E-state index contributed by atoms with van der Waals surface area (Å²) in [5, 5.41) is 0. The fraction of sp³-hybridized carbons (Fsp3) is 0.538. The first-order chi connectivity index (χ1) is 7.69. The second-order valence-electron chi connectivity index (χ2n) is 3.91. The van der Waals surface area contributed by atoms with E-state index in [4.69, 9.17) is 15.2 Å². The van der Waals surface area contributed by atoms with Crippen molar-refractivity contribution in [3.8, 4) is 5.75 Å². The van der Waals surface area contributed by atoms with E-state index < -0.39 is 0 Å². The molecule has 0 saturated carbocycles. The maximum Gasteiger partial charge on any atom is 0.124 e. The van der Waals surface area contributed by atoms with Crippen molar-refractivity contribution in [2.24, 2.45) is 5.73 Å².